The van der Waals surface area contributed by atoms with Gasteiger partial charge in [-0.15, -0.1) is 0 Å². The molecule has 6 nitrogen and oxygen atoms in total. The Hall–Kier alpha value is -3.86. The number of pyridine rings is 1. The molecule has 2 aromatic carbocycles. The minimum Gasteiger partial charge on any atom is -0.439 e. The molecule has 33 heavy (non-hydrogen) atoms. The summed E-state index contributed by atoms with van der Waals surface area (Å²) in [6.45, 7) is -0.433. The summed E-state index contributed by atoms with van der Waals surface area (Å²) in [4.78, 5) is 20.4. The van der Waals surface area contributed by atoms with Crippen molar-refractivity contribution in [1.29, 1.82) is 0 Å². The lowest BCUT2D eigenvalue weighted by Gasteiger charge is -2.08. The normalized spacial score (nSPS) is 11.7. The van der Waals surface area contributed by atoms with E-state index in [9.17, 15) is 26.7 Å². The molecule has 4 aromatic rings. The van der Waals surface area contributed by atoms with Crippen molar-refractivity contribution in [1.82, 2.24) is 15.3 Å². The highest BCUT2D eigenvalue weighted by molar-refractivity contribution is 5.96. The van der Waals surface area contributed by atoms with Crippen LogP contribution < -0.4 is 11.1 Å². The molecule has 0 atom stereocenters. The van der Waals surface area contributed by atoms with Crippen molar-refractivity contribution >= 4 is 16.8 Å². The van der Waals surface area contributed by atoms with Crippen LogP contribution in [0.3, 0.4) is 0 Å². The third-order valence-electron chi connectivity index (χ3n) is 4.81. The first-order valence-electron chi connectivity index (χ1n) is 9.56. The number of fused-ring (bicyclic) bond motifs is 1. The van der Waals surface area contributed by atoms with Crippen molar-refractivity contribution < 1.29 is 31.2 Å². The van der Waals surface area contributed by atoms with Gasteiger partial charge in [-0.05, 0) is 30.3 Å². The smallest absolute Gasteiger partial charge is 0.433 e. The zero-order valence-corrected chi connectivity index (χ0v) is 16.7. The van der Waals surface area contributed by atoms with Crippen molar-refractivity contribution in [2.24, 2.45) is 5.73 Å². The van der Waals surface area contributed by atoms with Gasteiger partial charge < -0.3 is 15.5 Å². The lowest BCUT2D eigenvalue weighted by molar-refractivity contribution is -0.140. The Bertz CT molecular complexity index is 1350. The van der Waals surface area contributed by atoms with Crippen LogP contribution >= 0.6 is 0 Å². The highest BCUT2D eigenvalue weighted by atomic mass is 19.4. The Morgan fingerprint density at radius 1 is 1.06 bits per heavy atom. The Kier molecular flexibility index (Phi) is 5.81. The quantitative estimate of drug-likeness (QED) is 0.424. The Labute approximate surface area is 183 Å². The number of benzene rings is 2. The number of hydrogen-bond acceptors (Lipinski definition) is 5. The van der Waals surface area contributed by atoms with E-state index in [1.165, 1.54) is 24.3 Å². The van der Waals surface area contributed by atoms with Gasteiger partial charge in [0.2, 0.25) is 5.89 Å². The lowest BCUT2D eigenvalue weighted by atomic mass is 10.1. The summed E-state index contributed by atoms with van der Waals surface area (Å²) >= 11 is 0. The monoisotopic (exact) mass is 462 g/mol. The Morgan fingerprint density at radius 3 is 2.55 bits per heavy atom. The van der Waals surface area contributed by atoms with Gasteiger partial charge in [-0.25, -0.2) is 18.7 Å². The van der Waals surface area contributed by atoms with Crippen LogP contribution in [0.4, 0.5) is 22.0 Å². The van der Waals surface area contributed by atoms with Gasteiger partial charge in [0.1, 0.15) is 17.3 Å². The van der Waals surface area contributed by atoms with Gasteiger partial charge in [0.15, 0.2) is 11.5 Å². The summed E-state index contributed by atoms with van der Waals surface area (Å²) in [5.41, 5.74) is 4.88. The average molecular weight is 462 g/mol. The number of carbonyl (C=O) groups excluding carboxylic acids is 1. The summed E-state index contributed by atoms with van der Waals surface area (Å²) < 4.78 is 71.4. The van der Waals surface area contributed by atoms with Crippen LogP contribution in [0.2, 0.25) is 0 Å². The first-order valence-corrected chi connectivity index (χ1v) is 9.56. The summed E-state index contributed by atoms with van der Waals surface area (Å²) in [5.74, 6) is -2.30. The number of hydrogen-bond donors (Lipinski definition) is 2. The molecule has 0 saturated carbocycles. The van der Waals surface area contributed by atoms with Crippen LogP contribution in [-0.2, 0) is 19.3 Å². The number of halogens is 5. The molecule has 0 aliphatic carbocycles. The van der Waals surface area contributed by atoms with E-state index < -0.39 is 29.4 Å². The number of nitrogens with zero attached hydrogens (tertiary/aromatic N) is 2. The Balaban J connectivity index is 1.65. The Morgan fingerprint density at radius 2 is 1.85 bits per heavy atom. The maximum atomic E-state index is 13.8. The molecule has 0 radical (unpaired) electrons. The molecular formula is C22H15F5N4O2. The minimum absolute atomic E-state index is 0.0268. The molecule has 170 valence electrons. The highest BCUT2D eigenvalue weighted by Crippen LogP contribution is 2.33. The third-order valence-corrected chi connectivity index (χ3v) is 4.81. The number of carbonyl (C=O) groups is 1. The molecule has 0 unspecified atom stereocenters. The lowest BCUT2D eigenvalue weighted by Crippen LogP contribution is -2.25. The number of oxazole rings is 1. The molecule has 0 aliphatic heterocycles. The minimum atomic E-state index is -4.60. The van der Waals surface area contributed by atoms with E-state index in [0.29, 0.717) is 17.0 Å². The number of nitrogens with one attached hydrogen (secondary N) is 1. The fraction of sp³-hybridized carbons (Fsp3) is 0.136. The second-order valence-corrected chi connectivity index (χ2v) is 6.98. The molecule has 0 saturated heterocycles. The topological polar surface area (TPSA) is 94.0 Å². The van der Waals surface area contributed by atoms with Gasteiger partial charge in [0.05, 0.1) is 12.1 Å². The zero-order chi connectivity index (χ0) is 23.8. The number of aromatic nitrogens is 2. The predicted molar refractivity (Wildman–Crippen MR) is 108 cm³/mol. The van der Waals surface area contributed by atoms with E-state index >= 15 is 0 Å². The predicted octanol–water partition coefficient (Wildman–Crippen LogP) is 4.58. The van der Waals surface area contributed by atoms with Crippen molar-refractivity contribution in [3.63, 3.8) is 0 Å². The van der Waals surface area contributed by atoms with Crippen molar-refractivity contribution in [2.75, 3.05) is 0 Å². The molecule has 11 heteroatoms. The van der Waals surface area contributed by atoms with Gasteiger partial charge in [-0.2, -0.15) is 13.2 Å². The maximum absolute atomic E-state index is 13.8. The fourth-order valence-corrected chi connectivity index (χ4v) is 3.21. The standard InChI is InChI=1S/C22H15F5N4O2/c23-12-5-4-11(15(24)8-12)10-29-20(32)19-17(9-28)33-21(31-19)14-2-1-3-16-13(14)6-7-18(30-16)22(25,26)27/h1-8H,9-10,28H2,(H,29,32). The van der Waals surface area contributed by atoms with Crippen LogP contribution in [0.1, 0.15) is 27.5 Å². The van der Waals surface area contributed by atoms with Gasteiger partial charge >= 0.3 is 6.18 Å². The van der Waals surface area contributed by atoms with Crippen LogP contribution in [0.15, 0.2) is 52.9 Å². The molecule has 0 bridgehead atoms. The van der Waals surface area contributed by atoms with E-state index in [0.717, 1.165) is 12.1 Å². The molecule has 2 heterocycles. The summed E-state index contributed by atoms with van der Waals surface area (Å²) in [6, 6.07) is 9.47. The van der Waals surface area contributed by atoms with Crippen molar-refractivity contribution in [2.45, 2.75) is 19.3 Å². The average Bonchev–Trinajstić information content (AvgIpc) is 3.21. The summed E-state index contributed by atoms with van der Waals surface area (Å²) in [6.07, 6.45) is -4.60. The largest absolute Gasteiger partial charge is 0.439 e. The molecule has 2 aromatic heterocycles. The van der Waals surface area contributed by atoms with Crippen molar-refractivity contribution in [3.05, 3.63) is 82.9 Å². The van der Waals surface area contributed by atoms with Gasteiger partial charge in [0.25, 0.3) is 5.91 Å². The van der Waals surface area contributed by atoms with E-state index in [-0.39, 0.29) is 41.5 Å². The first kappa shape index (κ1) is 22.3. The van der Waals surface area contributed by atoms with E-state index in [1.807, 2.05) is 0 Å². The molecule has 0 fully saturated rings. The molecular weight excluding hydrogens is 447 g/mol. The number of rotatable bonds is 5. The molecule has 1 amide bonds. The van der Waals surface area contributed by atoms with Gasteiger partial charge in [-0.1, -0.05) is 12.1 Å². The molecule has 0 aliphatic rings. The third kappa shape index (κ3) is 4.53. The van der Waals surface area contributed by atoms with E-state index in [4.69, 9.17) is 10.2 Å². The maximum Gasteiger partial charge on any atom is 0.433 e. The number of amides is 1. The first-order chi connectivity index (χ1) is 15.7. The highest BCUT2D eigenvalue weighted by Gasteiger charge is 2.32. The van der Waals surface area contributed by atoms with E-state index in [1.54, 1.807) is 6.07 Å². The van der Waals surface area contributed by atoms with Gasteiger partial charge in [-0.3, -0.25) is 4.79 Å². The van der Waals surface area contributed by atoms with Crippen molar-refractivity contribution in [3.8, 4) is 11.5 Å². The number of alkyl halides is 3. The molecule has 3 N–H and O–H groups in total. The van der Waals surface area contributed by atoms with Gasteiger partial charge in [0, 0.05) is 29.1 Å². The summed E-state index contributed by atoms with van der Waals surface area (Å²) in [5, 5.41) is 2.79. The van der Waals surface area contributed by atoms with Crippen LogP contribution in [0, 0.1) is 11.6 Å². The second-order valence-electron chi connectivity index (χ2n) is 6.98. The second kappa shape index (κ2) is 8.58. The fourth-order valence-electron chi connectivity index (χ4n) is 3.21. The van der Waals surface area contributed by atoms with E-state index in [2.05, 4.69) is 15.3 Å². The molecule has 0 spiro atoms. The van der Waals surface area contributed by atoms with Crippen LogP contribution in [0.25, 0.3) is 22.4 Å². The zero-order valence-electron chi connectivity index (χ0n) is 16.7. The summed E-state index contributed by atoms with van der Waals surface area (Å²) in [7, 11) is 0. The molecule has 4 rings (SSSR count). The SMILES string of the molecule is NCc1oc(-c2cccc3nc(C(F)(F)F)ccc23)nc1C(=O)NCc1ccc(F)cc1F. The van der Waals surface area contributed by atoms with Crippen LogP contribution in [-0.4, -0.2) is 15.9 Å². The number of nitrogens with two attached hydrogens (primary N) is 1. The van der Waals surface area contributed by atoms with Crippen LogP contribution in [0.5, 0.6) is 0 Å².